The van der Waals surface area contributed by atoms with Gasteiger partial charge in [-0.1, -0.05) is 36.5 Å². The van der Waals surface area contributed by atoms with Crippen molar-refractivity contribution in [3.8, 4) is 0 Å². The third kappa shape index (κ3) is 5.98. The first-order valence-electron chi connectivity index (χ1n) is 5.91. The summed E-state index contributed by atoms with van der Waals surface area (Å²) in [5.41, 5.74) is 6.46. The molecule has 0 atom stereocenters. The number of hydrogen-bond donors (Lipinski definition) is 1. The maximum absolute atomic E-state index is 12.1. The van der Waals surface area contributed by atoms with Gasteiger partial charge in [0.15, 0.2) is 0 Å². The van der Waals surface area contributed by atoms with Crippen molar-refractivity contribution in [3.63, 3.8) is 0 Å². The Balaban J connectivity index is 2.73. The summed E-state index contributed by atoms with van der Waals surface area (Å²) in [6.07, 6.45) is -5.56. The molecule has 0 amide bonds. The van der Waals surface area contributed by atoms with Gasteiger partial charge < -0.3 is 5.73 Å². The summed E-state index contributed by atoms with van der Waals surface area (Å²) in [6, 6.07) is 6.21. The molecule has 0 saturated heterocycles. The lowest BCUT2D eigenvalue weighted by atomic mass is 10.1. The predicted molar refractivity (Wildman–Crippen MR) is 78.3 cm³/mol. The number of rotatable bonds is 6. The van der Waals surface area contributed by atoms with Crippen LogP contribution < -0.4 is 5.73 Å². The highest BCUT2D eigenvalue weighted by molar-refractivity contribution is 7.88. The molecule has 0 aliphatic rings. The maximum atomic E-state index is 12.1. The van der Waals surface area contributed by atoms with Crippen LogP contribution in [0.15, 0.2) is 24.3 Å². The molecule has 0 aliphatic heterocycles. The van der Waals surface area contributed by atoms with E-state index in [2.05, 4.69) is 0 Å². The topological polar surface area (TPSA) is 63.4 Å². The van der Waals surface area contributed by atoms with Crippen LogP contribution in [0.2, 0.25) is 0 Å². The van der Waals surface area contributed by atoms with Crippen LogP contribution >= 0.6 is 12.2 Å². The van der Waals surface area contributed by atoms with E-state index in [4.69, 9.17) is 18.0 Å². The Labute approximate surface area is 126 Å². The number of hydrogen-bond acceptors (Lipinski definition) is 3. The number of alkyl halides is 3. The molecule has 118 valence electrons. The van der Waals surface area contributed by atoms with Crippen molar-refractivity contribution in [1.82, 2.24) is 4.31 Å². The first-order chi connectivity index (χ1) is 9.51. The smallest absolute Gasteiger partial charge is 0.389 e. The van der Waals surface area contributed by atoms with Gasteiger partial charge in [-0.3, -0.25) is 0 Å². The SMILES string of the molecule is CN(CCC(F)(F)F)S(=O)(=O)Cc1ccc(C(N)=S)cc1. The number of nitrogens with zero attached hydrogens (tertiary/aromatic N) is 1. The van der Waals surface area contributed by atoms with E-state index in [0.29, 0.717) is 15.4 Å². The van der Waals surface area contributed by atoms with Crippen LogP contribution in [0, 0.1) is 0 Å². The average molecular weight is 340 g/mol. The Bertz CT molecular complexity index is 598. The van der Waals surface area contributed by atoms with Gasteiger partial charge in [0, 0.05) is 19.2 Å². The Morgan fingerprint density at radius 3 is 2.24 bits per heavy atom. The van der Waals surface area contributed by atoms with Crippen molar-refractivity contribution < 1.29 is 21.6 Å². The Kier molecular flexibility index (Phi) is 5.71. The summed E-state index contributed by atoms with van der Waals surface area (Å²) >= 11 is 4.77. The van der Waals surface area contributed by atoms with Gasteiger partial charge in [0.1, 0.15) is 4.99 Å². The summed E-state index contributed by atoms with van der Waals surface area (Å²) < 4.78 is 60.9. The first-order valence-corrected chi connectivity index (χ1v) is 7.92. The molecule has 1 aromatic carbocycles. The fourth-order valence-electron chi connectivity index (χ4n) is 1.51. The van der Waals surface area contributed by atoms with Gasteiger partial charge in [-0.25, -0.2) is 12.7 Å². The van der Waals surface area contributed by atoms with E-state index in [1.807, 2.05) is 0 Å². The minimum Gasteiger partial charge on any atom is -0.389 e. The van der Waals surface area contributed by atoms with Gasteiger partial charge in [0.05, 0.1) is 12.2 Å². The summed E-state index contributed by atoms with van der Waals surface area (Å²) in [5, 5.41) is 0. The molecule has 9 heteroatoms. The van der Waals surface area contributed by atoms with E-state index in [1.54, 1.807) is 12.1 Å². The zero-order chi connectivity index (χ0) is 16.3. The number of sulfonamides is 1. The lowest BCUT2D eigenvalue weighted by molar-refractivity contribution is -0.135. The van der Waals surface area contributed by atoms with Gasteiger partial charge in [-0.15, -0.1) is 0 Å². The average Bonchev–Trinajstić information content (AvgIpc) is 2.35. The maximum Gasteiger partial charge on any atom is 0.390 e. The lowest BCUT2D eigenvalue weighted by Crippen LogP contribution is -2.31. The first kappa shape index (κ1) is 17.9. The van der Waals surface area contributed by atoms with Crippen molar-refractivity contribution in [2.45, 2.75) is 18.3 Å². The summed E-state index contributed by atoms with van der Waals surface area (Å²) in [4.78, 5) is 0.187. The second-order valence-corrected chi connectivity index (χ2v) is 7.02. The Morgan fingerprint density at radius 1 is 1.29 bits per heavy atom. The predicted octanol–water partition coefficient (Wildman–Crippen LogP) is 2.03. The van der Waals surface area contributed by atoms with Gasteiger partial charge in [-0.2, -0.15) is 13.2 Å². The molecule has 4 nitrogen and oxygen atoms in total. The molecule has 21 heavy (non-hydrogen) atoms. The molecule has 0 spiro atoms. The van der Waals surface area contributed by atoms with Gasteiger partial charge >= 0.3 is 6.18 Å². The highest BCUT2D eigenvalue weighted by atomic mass is 32.2. The lowest BCUT2D eigenvalue weighted by Gasteiger charge is -2.18. The fourth-order valence-corrected chi connectivity index (χ4v) is 2.85. The van der Waals surface area contributed by atoms with Crippen LogP contribution in [0.4, 0.5) is 13.2 Å². The van der Waals surface area contributed by atoms with Crippen molar-refractivity contribution in [1.29, 1.82) is 0 Å². The van der Waals surface area contributed by atoms with E-state index >= 15 is 0 Å². The molecule has 0 fully saturated rings. The zero-order valence-electron chi connectivity index (χ0n) is 11.2. The zero-order valence-corrected chi connectivity index (χ0v) is 12.9. The minimum atomic E-state index is -4.39. The standard InChI is InChI=1S/C12H15F3N2O2S2/c1-17(7-6-12(13,14)15)21(18,19)8-9-2-4-10(5-3-9)11(16)20/h2-5H,6-8H2,1H3,(H2,16,20). The van der Waals surface area contributed by atoms with E-state index in [-0.39, 0.29) is 10.7 Å². The highest BCUT2D eigenvalue weighted by Gasteiger charge is 2.29. The molecule has 0 saturated carbocycles. The quantitative estimate of drug-likeness (QED) is 0.805. The third-order valence-corrected chi connectivity index (χ3v) is 4.84. The number of thiocarbonyl (C=S) groups is 1. The van der Waals surface area contributed by atoms with E-state index in [9.17, 15) is 21.6 Å². The molecular formula is C12H15F3N2O2S2. The second kappa shape index (κ2) is 6.71. The van der Waals surface area contributed by atoms with Crippen LogP contribution in [0.5, 0.6) is 0 Å². The minimum absolute atomic E-state index is 0.187. The molecule has 1 rings (SSSR count). The Morgan fingerprint density at radius 2 is 1.81 bits per heavy atom. The highest BCUT2D eigenvalue weighted by Crippen LogP contribution is 2.21. The molecule has 1 aromatic rings. The van der Waals surface area contributed by atoms with Crippen LogP contribution in [0.1, 0.15) is 17.5 Å². The number of nitrogens with two attached hydrogens (primary N) is 1. The summed E-state index contributed by atoms with van der Waals surface area (Å²) in [6.45, 7) is -0.600. The molecule has 0 aromatic heterocycles. The normalized spacial score (nSPS) is 12.6. The molecule has 2 N–H and O–H groups in total. The van der Waals surface area contributed by atoms with Gasteiger partial charge in [0.25, 0.3) is 0 Å². The van der Waals surface area contributed by atoms with Crippen LogP contribution in [-0.2, 0) is 15.8 Å². The number of halogens is 3. The fraction of sp³-hybridized carbons (Fsp3) is 0.417. The van der Waals surface area contributed by atoms with Crippen molar-refractivity contribution in [2.24, 2.45) is 5.73 Å². The van der Waals surface area contributed by atoms with Crippen molar-refractivity contribution in [3.05, 3.63) is 35.4 Å². The molecule has 0 heterocycles. The monoisotopic (exact) mass is 340 g/mol. The van der Waals surface area contributed by atoms with E-state index in [1.165, 1.54) is 12.1 Å². The van der Waals surface area contributed by atoms with Crippen molar-refractivity contribution >= 4 is 27.2 Å². The van der Waals surface area contributed by atoms with Gasteiger partial charge in [-0.05, 0) is 5.56 Å². The van der Waals surface area contributed by atoms with Crippen LogP contribution in [-0.4, -0.2) is 37.5 Å². The van der Waals surface area contributed by atoms with E-state index < -0.39 is 29.2 Å². The largest absolute Gasteiger partial charge is 0.390 e. The summed E-state index contributed by atoms with van der Waals surface area (Å²) in [7, 11) is -2.67. The number of benzene rings is 1. The molecule has 0 aliphatic carbocycles. The third-order valence-electron chi connectivity index (χ3n) is 2.77. The van der Waals surface area contributed by atoms with Gasteiger partial charge in [0.2, 0.25) is 10.0 Å². The molecule has 0 unspecified atom stereocenters. The van der Waals surface area contributed by atoms with Crippen molar-refractivity contribution in [2.75, 3.05) is 13.6 Å². The second-order valence-electron chi connectivity index (χ2n) is 4.50. The van der Waals surface area contributed by atoms with E-state index in [0.717, 1.165) is 7.05 Å². The van der Waals surface area contributed by atoms with Crippen LogP contribution in [0.25, 0.3) is 0 Å². The molecular weight excluding hydrogens is 325 g/mol. The Hall–Kier alpha value is -1.19. The molecule has 0 bridgehead atoms. The molecule has 0 radical (unpaired) electrons. The summed E-state index contributed by atoms with van der Waals surface area (Å²) in [5.74, 6) is -0.376. The van der Waals surface area contributed by atoms with Crippen LogP contribution in [0.3, 0.4) is 0 Å².